The van der Waals surface area contributed by atoms with E-state index in [9.17, 15) is 4.79 Å². The molecule has 6 heteroatoms. The highest BCUT2D eigenvalue weighted by molar-refractivity contribution is 5.95. The molecular formula is C15H23ClN2O3. The minimum atomic E-state index is -0.0669. The second-order valence-corrected chi connectivity index (χ2v) is 4.69. The van der Waals surface area contributed by atoms with E-state index in [1.165, 1.54) is 0 Å². The summed E-state index contributed by atoms with van der Waals surface area (Å²) in [4.78, 5) is 12.2. The van der Waals surface area contributed by atoms with Gasteiger partial charge in [0.2, 0.25) is 0 Å². The molecule has 1 unspecified atom stereocenters. The maximum Gasteiger partial charge on any atom is 0.251 e. The molecule has 1 atom stereocenters. The summed E-state index contributed by atoms with van der Waals surface area (Å²) in [5.41, 5.74) is 0.601. The fourth-order valence-corrected chi connectivity index (χ4v) is 2.24. The van der Waals surface area contributed by atoms with Crippen LogP contribution in [0.4, 0.5) is 0 Å². The predicted octanol–water partition coefficient (Wildman–Crippen LogP) is 2.00. The molecule has 2 N–H and O–H groups in total. The third kappa shape index (κ3) is 4.79. The molecule has 0 saturated carbocycles. The van der Waals surface area contributed by atoms with Crippen LogP contribution in [-0.2, 0) is 0 Å². The predicted molar refractivity (Wildman–Crippen MR) is 84.8 cm³/mol. The topological polar surface area (TPSA) is 59.6 Å². The van der Waals surface area contributed by atoms with Gasteiger partial charge >= 0.3 is 0 Å². The first kappa shape index (κ1) is 17.6. The smallest absolute Gasteiger partial charge is 0.251 e. The van der Waals surface area contributed by atoms with Gasteiger partial charge in [-0.3, -0.25) is 4.79 Å². The van der Waals surface area contributed by atoms with Crippen LogP contribution in [0.15, 0.2) is 18.2 Å². The molecule has 0 aromatic heterocycles. The van der Waals surface area contributed by atoms with Gasteiger partial charge in [0.1, 0.15) is 0 Å². The van der Waals surface area contributed by atoms with Crippen LogP contribution in [0.2, 0.25) is 0 Å². The van der Waals surface area contributed by atoms with Crippen molar-refractivity contribution in [1.82, 2.24) is 10.6 Å². The lowest BCUT2D eigenvalue weighted by Gasteiger charge is -2.14. The summed E-state index contributed by atoms with van der Waals surface area (Å²) >= 11 is 0. The Labute approximate surface area is 131 Å². The number of carbonyl (C=O) groups excluding carboxylic acids is 1. The van der Waals surface area contributed by atoms with Gasteiger partial charge in [-0.15, -0.1) is 12.4 Å². The Morgan fingerprint density at radius 1 is 1.29 bits per heavy atom. The molecule has 1 aromatic rings. The summed E-state index contributed by atoms with van der Waals surface area (Å²) in [6, 6.07) is 5.51. The van der Waals surface area contributed by atoms with Crippen molar-refractivity contribution >= 4 is 18.3 Å². The van der Waals surface area contributed by atoms with Crippen LogP contribution in [0.25, 0.3) is 0 Å². The van der Waals surface area contributed by atoms with Crippen molar-refractivity contribution in [2.45, 2.75) is 26.3 Å². The van der Waals surface area contributed by atoms with Crippen LogP contribution in [0.5, 0.6) is 11.5 Å². The highest BCUT2D eigenvalue weighted by atomic mass is 35.5. The second-order valence-electron chi connectivity index (χ2n) is 4.69. The van der Waals surface area contributed by atoms with Gasteiger partial charge in [-0.2, -0.15) is 0 Å². The average Bonchev–Trinajstić information content (AvgIpc) is 2.94. The minimum absolute atomic E-state index is 0. The van der Waals surface area contributed by atoms with Crippen molar-refractivity contribution < 1.29 is 14.3 Å². The Balaban J connectivity index is 0.00000220. The summed E-state index contributed by atoms with van der Waals surface area (Å²) in [6.07, 6.45) is 0.973. The van der Waals surface area contributed by atoms with E-state index in [4.69, 9.17) is 9.47 Å². The van der Waals surface area contributed by atoms with Gasteiger partial charge in [-0.1, -0.05) is 0 Å². The van der Waals surface area contributed by atoms with Gasteiger partial charge in [0.05, 0.1) is 13.2 Å². The van der Waals surface area contributed by atoms with E-state index < -0.39 is 0 Å². The zero-order valence-electron chi connectivity index (χ0n) is 12.5. The van der Waals surface area contributed by atoms with Crippen molar-refractivity contribution in [2.24, 2.45) is 0 Å². The lowest BCUT2D eigenvalue weighted by atomic mass is 10.1. The monoisotopic (exact) mass is 314 g/mol. The number of hydrogen-bond acceptors (Lipinski definition) is 4. The van der Waals surface area contributed by atoms with Crippen molar-refractivity contribution in [2.75, 3.05) is 26.3 Å². The van der Waals surface area contributed by atoms with Crippen molar-refractivity contribution in [3.63, 3.8) is 0 Å². The third-order valence-electron chi connectivity index (χ3n) is 3.20. The van der Waals surface area contributed by atoms with E-state index in [0.29, 0.717) is 30.3 Å². The SMILES string of the molecule is CCOc1ccc(C(=O)NC2CCNC2)cc1OCC.Cl. The number of hydrogen-bond donors (Lipinski definition) is 2. The molecule has 0 bridgehead atoms. The Kier molecular flexibility index (Phi) is 7.32. The van der Waals surface area contributed by atoms with E-state index in [1.54, 1.807) is 18.2 Å². The maximum atomic E-state index is 12.2. The number of amides is 1. The molecule has 1 saturated heterocycles. The maximum absolute atomic E-state index is 12.2. The fraction of sp³-hybridized carbons (Fsp3) is 0.533. The lowest BCUT2D eigenvalue weighted by Crippen LogP contribution is -2.36. The fourth-order valence-electron chi connectivity index (χ4n) is 2.24. The van der Waals surface area contributed by atoms with E-state index in [1.807, 2.05) is 13.8 Å². The molecule has 1 aliphatic heterocycles. The van der Waals surface area contributed by atoms with E-state index in [0.717, 1.165) is 19.5 Å². The van der Waals surface area contributed by atoms with Gasteiger partial charge in [0, 0.05) is 18.2 Å². The molecular weight excluding hydrogens is 292 g/mol. The molecule has 1 fully saturated rings. The van der Waals surface area contributed by atoms with Crippen LogP contribution in [0.3, 0.4) is 0 Å². The Morgan fingerprint density at radius 2 is 2.00 bits per heavy atom. The Hall–Kier alpha value is -1.46. The number of halogens is 1. The van der Waals surface area contributed by atoms with E-state index in [2.05, 4.69) is 10.6 Å². The Bertz CT molecular complexity index is 462. The molecule has 0 radical (unpaired) electrons. The highest BCUT2D eigenvalue weighted by Gasteiger charge is 2.18. The average molecular weight is 315 g/mol. The Morgan fingerprint density at radius 3 is 2.62 bits per heavy atom. The van der Waals surface area contributed by atoms with Gasteiger partial charge < -0.3 is 20.1 Å². The summed E-state index contributed by atoms with van der Waals surface area (Å²) in [6.45, 7) is 6.73. The molecule has 118 valence electrons. The minimum Gasteiger partial charge on any atom is -0.490 e. The van der Waals surface area contributed by atoms with Crippen LogP contribution in [0.1, 0.15) is 30.6 Å². The van der Waals surface area contributed by atoms with Gasteiger partial charge in [-0.25, -0.2) is 0 Å². The molecule has 0 aliphatic carbocycles. The van der Waals surface area contributed by atoms with E-state index >= 15 is 0 Å². The molecule has 2 rings (SSSR count). The van der Waals surface area contributed by atoms with Crippen LogP contribution < -0.4 is 20.1 Å². The summed E-state index contributed by atoms with van der Waals surface area (Å²) < 4.78 is 11.0. The molecule has 1 heterocycles. The summed E-state index contributed by atoms with van der Waals surface area (Å²) in [7, 11) is 0. The summed E-state index contributed by atoms with van der Waals surface area (Å²) in [5, 5.41) is 6.25. The lowest BCUT2D eigenvalue weighted by molar-refractivity contribution is 0.0939. The molecule has 1 aliphatic rings. The molecule has 21 heavy (non-hydrogen) atoms. The van der Waals surface area contributed by atoms with Crippen LogP contribution in [-0.4, -0.2) is 38.3 Å². The third-order valence-corrected chi connectivity index (χ3v) is 3.20. The van der Waals surface area contributed by atoms with Crippen molar-refractivity contribution in [3.8, 4) is 11.5 Å². The van der Waals surface area contributed by atoms with E-state index in [-0.39, 0.29) is 24.4 Å². The van der Waals surface area contributed by atoms with Gasteiger partial charge in [0.15, 0.2) is 11.5 Å². The van der Waals surface area contributed by atoms with Crippen molar-refractivity contribution in [1.29, 1.82) is 0 Å². The first-order chi connectivity index (χ1) is 9.74. The number of rotatable bonds is 6. The molecule has 1 amide bonds. The second kappa shape index (κ2) is 8.74. The normalized spacial score (nSPS) is 17.0. The van der Waals surface area contributed by atoms with Crippen LogP contribution in [0, 0.1) is 0 Å². The largest absolute Gasteiger partial charge is 0.490 e. The highest BCUT2D eigenvalue weighted by Crippen LogP contribution is 2.28. The zero-order valence-corrected chi connectivity index (χ0v) is 13.3. The molecule has 1 aromatic carbocycles. The number of carbonyl (C=O) groups is 1. The van der Waals surface area contributed by atoms with Crippen LogP contribution >= 0.6 is 12.4 Å². The zero-order chi connectivity index (χ0) is 14.4. The van der Waals surface area contributed by atoms with Crippen molar-refractivity contribution in [3.05, 3.63) is 23.8 Å². The molecule has 5 nitrogen and oxygen atoms in total. The standard InChI is InChI=1S/C15H22N2O3.ClH/c1-3-19-13-6-5-11(9-14(13)20-4-2)15(18)17-12-7-8-16-10-12;/h5-6,9,12,16H,3-4,7-8,10H2,1-2H3,(H,17,18);1H. The molecule has 0 spiro atoms. The van der Waals surface area contributed by atoms with Gasteiger partial charge in [0.25, 0.3) is 5.91 Å². The number of nitrogens with one attached hydrogen (secondary N) is 2. The first-order valence-corrected chi connectivity index (χ1v) is 7.15. The first-order valence-electron chi connectivity index (χ1n) is 7.15. The van der Waals surface area contributed by atoms with Gasteiger partial charge in [-0.05, 0) is 45.0 Å². The summed E-state index contributed by atoms with van der Waals surface area (Å²) in [5.74, 6) is 1.22. The quantitative estimate of drug-likeness (QED) is 0.843. The number of benzene rings is 1. The number of ether oxygens (including phenoxy) is 2.